The maximum absolute atomic E-state index is 12.5. The molecule has 2 N–H and O–H groups in total. The number of hydrogen-bond acceptors (Lipinski definition) is 8. The van der Waals surface area contributed by atoms with Gasteiger partial charge in [0.2, 0.25) is 10.0 Å². The molecule has 0 radical (unpaired) electrons. The first-order valence-electron chi connectivity index (χ1n) is 8.28. The summed E-state index contributed by atoms with van der Waals surface area (Å²) in [6.07, 6.45) is 0. The van der Waals surface area contributed by atoms with Crippen LogP contribution in [0.2, 0.25) is 0 Å². The van der Waals surface area contributed by atoms with Gasteiger partial charge in [0.25, 0.3) is 0 Å². The van der Waals surface area contributed by atoms with Crippen molar-refractivity contribution in [3.63, 3.8) is 0 Å². The molecule has 0 saturated heterocycles. The van der Waals surface area contributed by atoms with Crippen LogP contribution < -0.4 is 14.6 Å². The largest absolute Gasteiger partial charge is 0.497 e. The van der Waals surface area contributed by atoms with Crippen molar-refractivity contribution in [2.45, 2.75) is 11.5 Å². The first-order chi connectivity index (χ1) is 13.8. The van der Waals surface area contributed by atoms with Gasteiger partial charge in [-0.15, -0.1) is 11.3 Å². The smallest absolute Gasteiger partial charge is 0.342 e. The molecular formula is C19H18N2O6S2. The molecule has 2 aromatic carbocycles. The van der Waals surface area contributed by atoms with E-state index in [1.165, 1.54) is 30.6 Å². The number of benzene rings is 2. The number of thiazole rings is 1. The van der Waals surface area contributed by atoms with Gasteiger partial charge < -0.3 is 14.2 Å². The number of nitrogens with two attached hydrogens (primary N) is 1. The first-order valence-corrected chi connectivity index (χ1v) is 10.7. The lowest BCUT2D eigenvalue weighted by atomic mass is 10.2. The predicted molar refractivity (Wildman–Crippen MR) is 108 cm³/mol. The average Bonchev–Trinajstić information content (AvgIpc) is 3.20. The third kappa shape index (κ3) is 4.91. The second kappa shape index (κ2) is 8.60. The molecule has 0 bridgehead atoms. The van der Waals surface area contributed by atoms with E-state index in [-0.39, 0.29) is 22.8 Å². The van der Waals surface area contributed by atoms with Crippen LogP contribution in [-0.4, -0.2) is 33.6 Å². The van der Waals surface area contributed by atoms with Gasteiger partial charge in [0.05, 0.1) is 24.8 Å². The number of hydrogen-bond donors (Lipinski definition) is 1. The topological polar surface area (TPSA) is 118 Å². The van der Waals surface area contributed by atoms with Crippen molar-refractivity contribution >= 4 is 27.3 Å². The number of methoxy groups -OCH3 is 2. The van der Waals surface area contributed by atoms with Crippen molar-refractivity contribution in [2.24, 2.45) is 5.14 Å². The summed E-state index contributed by atoms with van der Waals surface area (Å²) in [7, 11) is -1.02. The molecule has 0 unspecified atom stereocenters. The third-order valence-corrected chi connectivity index (χ3v) is 5.79. The maximum Gasteiger partial charge on any atom is 0.342 e. The maximum atomic E-state index is 12.5. The highest BCUT2D eigenvalue weighted by Gasteiger charge is 2.19. The molecule has 0 saturated carbocycles. The van der Waals surface area contributed by atoms with E-state index >= 15 is 0 Å². The van der Waals surface area contributed by atoms with Crippen molar-refractivity contribution in [1.82, 2.24) is 4.98 Å². The zero-order valence-corrected chi connectivity index (χ0v) is 17.2. The molecule has 0 atom stereocenters. The summed E-state index contributed by atoms with van der Waals surface area (Å²) in [5, 5.41) is 7.65. The van der Waals surface area contributed by atoms with Crippen LogP contribution in [0.3, 0.4) is 0 Å². The number of primary sulfonamides is 1. The Hall–Kier alpha value is -2.95. The zero-order chi connectivity index (χ0) is 21.0. The molecule has 3 aromatic rings. The van der Waals surface area contributed by atoms with Crippen LogP contribution in [-0.2, 0) is 21.4 Å². The van der Waals surface area contributed by atoms with Crippen molar-refractivity contribution in [1.29, 1.82) is 0 Å². The number of rotatable bonds is 7. The molecule has 152 valence electrons. The Bertz CT molecular complexity index is 1140. The highest BCUT2D eigenvalue weighted by Crippen LogP contribution is 2.28. The van der Waals surface area contributed by atoms with Crippen molar-refractivity contribution < 1.29 is 27.4 Å². The van der Waals surface area contributed by atoms with Crippen LogP contribution in [0.5, 0.6) is 11.5 Å². The first kappa shape index (κ1) is 20.8. The Morgan fingerprint density at radius 3 is 2.62 bits per heavy atom. The van der Waals surface area contributed by atoms with Gasteiger partial charge >= 0.3 is 5.97 Å². The van der Waals surface area contributed by atoms with Crippen LogP contribution in [0.4, 0.5) is 0 Å². The Morgan fingerprint density at radius 1 is 1.14 bits per heavy atom. The molecule has 1 aromatic heterocycles. The Balaban J connectivity index is 1.75. The van der Waals surface area contributed by atoms with E-state index in [0.29, 0.717) is 11.4 Å². The third-order valence-electron chi connectivity index (χ3n) is 3.94. The predicted octanol–water partition coefficient (Wildman–Crippen LogP) is 2.83. The second-order valence-corrected chi connectivity index (χ2v) is 8.28. The Kier molecular flexibility index (Phi) is 6.16. The molecule has 0 fully saturated rings. The minimum absolute atomic E-state index is 0.0396. The molecule has 0 aliphatic carbocycles. The lowest BCUT2D eigenvalue weighted by Crippen LogP contribution is -2.14. The molecule has 0 aliphatic heterocycles. The minimum Gasteiger partial charge on any atom is -0.497 e. The van der Waals surface area contributed by atoms with Gasteiger partial charge in [-0.1, -0.05) is 12.1 Å². The van der Waals surface area contributed by atoms with Crippen LogP contribution in [0.1, 0.15) is 16.1 Å². The normalized spacial score (nSPS) is 11.1. The molecule has 0 spiro atoms. The summed E-state index contributed by atoms with van der Waals surface area (Å²) in [4.78, 5) is 16.7. The van der Waals surface area contributed by atoms with Gasteiger partial charge in [0.1, 0.15) is 28.7 Å². The number of ether oxygens (including phenoxy) is 3. The van der Waals surface area contributed by atoms with E-state index in [4.69, 9.17) is 19.3 Å². The fraction of sp³-hybridized carbons (Fsp3) is 0.158. The van der Waals surface area contributed by atoms with Crippen LogP contribution in [0.25, 0.3) is 10.6 Å². The van der Waals surface area contributed by atoms with Crippen LogP contribution in [0.15, 0.2) is 52.7 Å². The number of aromatic nitrogens is 1. The van der Waals surface area contributed by atoms with Gasteiger partial charge in [0, 0.05) is 10.9 Å². The highest BCUT2D eigenvalue weighted by atomic mass is 32.2. The van der Waals surface area contributed by atoms with Gasteiger partial charge in [-0.05, 0) is 30.3 Å². The van der Waals surface area contributed by atoms with E-state index < -0.39 is 16.0 Å². The molecular weight excluding hydrogens is 416 g/mol. The monoisotopic (exact) mass is 434 g/mol. The molecule has 8 nitrogen and oxygen atoms in total. The molecule has 0 amide bonds. The van der Waals surface area contributed by atoms with Crippen molar-refractivity contribution in [2.75, 3.05) is 14.2 Å². The van der Waals surface area contributed by atoms with Gasteiger partial charge in [-0.2, -0.15) is 0 Å². The van der Waals surface area contributed by atoms with Gasteiger partial charge in [-0.25, -0.2) is 23.3 Å². The Morgan fingerprint density at radius 2 is 1.93 bits per heavy atom. The van der Waals surface area contributed by atoms with Crippen molar-refractivity contribution in [3.05, 3.63) is 59.1 Å². The summed E-state index contributed by atoms with van der Waals surface area (Å²) in [5.41, 5.74) is 1.40. The standard InChI is InChI=1S/C19H18N2O6S2/c1-25-14-5-3-4-12(8-14)18-21-13(11-28-18)10-27-19(22)16-9-15(29(20,23)24)6-7-17(16)26-2/h3-9,11H,10H2,1-2H3,(H2,20,23,24). The van der Waals surface area contributed by atoms with E-state index in [9.17, 15) is 13.2 Å². The van der Waals surface area contributed by atoms with Gasteiger partial charge in [0.15, 0.2) is 0 Å². The summed E-state index contributed by atoms with van der Waals surface area (Å²) in [5.74, 6) is 0.147. The summed E-state index contributed by atoms with van der Waals surface area (Å²) in [6.45, 7) is -0.0813. The SMILES string of the molecule is COc1cccc(-c2nc(COC(=O)c3cc(S(N)(=O)=O)ccc3OC)cs2)c1. The van der Waals surface area contributed by atoms with E-state index in [0.717, 1.165) is 16.6 Å². The zero-order valence-electron chi connectivity index (χ0n) is 15.6. The second-order valence-electron chi connectivity index (χ2n) is 5.86. The lowest BCUT2D eigenvalue weighted by Gasteiger charge is -2.09. The van der Waals surface area contributed by atoms with E-state index in [2.05, 4.69) is 4.98 Å². The summed E-state index contributed by atoms with van der Waals surface area (Å²) in [6, 6.07) is 11.2. The van der Waals surface area contributed by atoms with E-state index in [1.54, 1.807) is 12.5 Å². The average molecular weight is 434 g/mol. The number of carbonyl (C=O) groups excluding carboxylic acids is 1. The highest BCUT2D eigenvalue weighted by molar-refractivity contribution is 7.89. The van der Waals surface area contributed by atoms with Crippen LogP contribution in [0, 0.1) is 0 Å². The summed E-state index contributed by atoms with van der Waals surface area (Å²) >= 11 is 1.40. The van der Waals surface area contributed by atoms with Gasteiger partial charge in [-0.3, -0.25) is 0 Å². The number of carbonyl (C=O) groups is 1. The molecule has 0 aliphatic rings. The Labute approximate surface area is 171 Å². The van der Waals surface area contributed by atoms with Crippen LogP contribution >= 0.6 is 11.3 Å². The number of sulfonamides is 1. The quantitative estimate of drug-likeness (QED) is 0.568. The number of nitrogens with zero attached hydrogens (tertiary/aromatic N) is 1. The lowest BCUT2D eigenvalue weighted by molar-refractivity contribution is 0.0464. The molecule has 1 heterocycles. The molecule has 3 rings (SSSR count). The molecule has 29 heavy (non-hydrogen) atoms. The van der Waals surface area contributed by atoms with E-state index in [1.807, 2.05) is 24.3 Å². The van der Waals surface area contributed by atoms with Crippen molar-refractivity contribution in [3.8, 4) is 22.1 Å². The summed E-state index contributed by atoms with van der Waals surface area (Å²) < 4.78 is 38.7. The fourth-order valence-corrected chi connectivity index (χ4v) is 3.84. The minimum atomic E-state index is -3.97. The molecule has 10 heteroatoms. The number of esters is 1. The fourth-order valence-electron chi connectivity index (χ4n) is 2.50.